The second kappa shape index (κ2) is 11.1. The minimum atomic E-state index is -5.06. The molecule has 0 aromatic heterocycles. The molecule has 0 saturated heterocycles. The van der Waals surface area contributed by atoms with E-state index in [1.54, 1.807) is 0 Å². The molecule has 1 aliphatic carbocycles. The second-order valence-corrected chi connectivity index (χ2v) is 7.69. The Kier molecular flexibility index (Phi) is 10.1. The van der Waals surface area contributed by atoms with Crippen molar-refractivity contribution in [2.75, 3.05) is 19.8 Å². The van der Waals surface area contributed by atoms with Crippen LogP contribution in [-0.4, -0.2) is 79.6 Å². The Morgan fingerprint density at radius 2 is 1.40 bits per heavy atom. The van der Waals surface area contributed by atoms with E-state index in [-0.39, 0.29) is 0 Å². The summed E-state index contributed by atoms with van der Waals surface area (Å²) >= 11 is 0. The van der Waals surface area contributed by atoms with E-state index in [4.69, 9.17) is 5.11 Å². The summed E-state index contributed by atoms with van der Waals surface area (Å²) in [5.74, 6) is -13.1. The third-order valence-corrected chi connectivity index (χ3v) is 4.28. The van der Waals surface area contributed by atoms with Crippen molar-refractivity contribution in [2.24, 2.45) is 0 Å². The summed E-state index contributed by atoms with van der Waals surface area (Å²) in [5.41, 5.74) is 0. The number of rotatable bonds is 16. The normalized spacial score (nSPS) is 22.7. The molecule has 0 heterocycles. The van der Waals surface area contributed by atoms with Crippen molar-refractivity contribution in [3.05, 3.63) is 0 Å². The predicted molar refractivity (Wildman–Crippen MR) is 87.5 cm³/mol. The van der Waals surface area contributed by atoms with Crippen molar-refractivity contribution >= 4 is 0 Å². The van der Waals surface area contributed by atoms with Gasteiger partial charge in [-0.3, -0.25) is 4.74 Å². The highest BCUT2D eigenvalue weighted by Gasteiger charge is 2.63. The minimum absolute atomic E-state index is 0.889. The Bertz CT molecular complexity index is 677. The fourth-order valence-corrected chi connectivity index (χ4v) is 2.67. The molecule has 1 rings (SSSR count). The van der Waals surface area contributed by atoms with Gasteiger partial charge in [0.15, 0.2) is 6.10 Å². The average Bonchev–Trinajstić information content (AvgIpc) is 2.63. The molecule has 0 radical (unpaired) electrons. The lowest BCUT2D eigenvalue weighted by Gasteiger charge is -2.45. The number of ether oxygens (including phenoxy) is 4. The van der Waals surface area contributed by atoms with Gasteiger partial charge in [-0.15, -0.1) is 0 Å². The monoisotopic (exact) mass is 552 g/mol. The molecule has 1 N–H and O–H groups in total. The maximum atomic E-state index is 13.8. The molecule has 3 atom stereocenters. The van der Waals surface area contributed by atoms with Crippen molar-refractivity contribution < 1.29 is 81.1 Å². The van der Waals surface area contributed by atoms with Crippen LogP contribution in [0.15, 0.2) is 0 Å². The third kappa shape index (κ3) is 10.8. The zero-order valence-electron chi connectivity index (χ0n) is 17.7. The smallest absolute Gasteiger partial charge is 0.364 e. The highest BCUT2D eigenvalue weighted by Crippen LogP contribution is 2.47. The SMILES string of the molecule is CCC(F)(F)OC1CC(F)(F)C1OC(F)(F)CC(F)(F)COCC(F)OC(F)(F)CC(F)(F)CO. The summed E-state index contributed by atoms with van der Waals surface area (Å²) in [6.07, 6.45) is -30.1. The van der Waals surface area contributed by atoms with Crippen molar-refractivity contribution in [1.29, 1.82) is 0 Å². The average molecular weight is 552 g/mol. The van der Waals surface area contributed by atoms with Crippen LogP contribution >= 0.6 is 0 Å². The fraction of sp³-hybridized carbons (Fsp3) is 1.00. The molecule has 0 aromatic carbocycles. The van der Waals surface area contributed by atoms with Gasteiger partial charge >= 0.3 is 18.3 Å². The van der Waals surface area contributed by atoms with E-state index >= 15 is 0 Å². The Morgan fingerprint density at radius 1 is 0.857 bits per heavy atom. The molecule has 1 fully saturated rings. The van der Waals surface area contributed by atoms with Crippen molar-refractivity contribution in [3.63, 3.8) is 0 Å². The van der Waals surface area contributed by atoms with E-state index in [9.17, 15) is 57.1 Å². The summed E-state index contributed by atoms with van der Waals surface area (Å²) in [4.78, 5) is 0. The first-order chi connectivity index (χ1) is 15.5. The first-order valence-electron chi connectivity index (χ1n) is 9.67. The van der Waals surface area contributed by atoms with Gasteiger partial charge in [0.05, 0.1) is 0 Å². The lowest BCUT2D eigenvalue weighted by atomic mass is 9.86. The molecule has 1 saturated carbocycles. The molecular formula is C17H21F13O5. The summed E-state index contributed by atoms with van der Waals surface area (Å²) in [6, 6.07) is 0. The largest absolute Gasteiger partial charge is 0.390 e. The molecule has 210 valence electrons. The molecular weight excluding hydrogens is 531 g/mol. The van der Waals surface area contributed by atoms with Crippen LogP contribution in [0.3, 0.4) is 0 Å². The predicted octanol–water partition coefficient (Wildman–Crippen LogP) is 5.36. The number of alkyl halides is 13. The standard InChI is InChI=1S/C17H21F13O5/c1-2-15(25,26)33-9-3-14(23,24)11(9)35-17(29,30)6-13(21,22)8-32-4-10(18)34-16(27,28)5-12(19,20)7-31/h9-11,31H,2-8H2,1H3. The summed E-state index contributed by atoms with van der Waals surface area (Å²) in [5, 5.41) is 8.20. The highest BCUT2D eigenvalue weighted by atomic mass is 19.3. The number of halogens is 13. The minimum Gasteiger partial charge on any atom is -0.390 e. The molecule has 1 aliphatic rings. The molecule has 0 bridgehead atoms. The van der Waals surface area contributed by atoms with Crippen molar-refractivity contribution in [2.45, 2.75) is 87.3 Å². The van der Waals surface area contributed by atoms with Crippen LogP contribution in [0.1, 0.15) is 32.6 Å². The number of aliphatic hydroxyl groups is 1. The first-order valence-corrected chi connectivity index (χ1v) is 9.67. The van der Waals surface area contributed by atoms with Crippen LogP contribution in [0.4, 0.5) is 57.1 Å². The maximum absolute atomic E-state index is 13.8. The quantitative estimate of drug-likeness (QED) is 0.262. The van der Waals surface area contributed by atoms with Gasteiger partial charge in [-0.1, -0.05) is 6.92 Å². The molecule has 3 unspecified atom stereocenters. The Balaban J connectivity index is 2.60. The van der Waals surface area contributed by atoms with Gasteiger partial charge < -0.3 is 19.3 Å². The Morgan fingerprint density at radius 3 is 1.89 bits per heavy atom. The van der Waals surface area contributed by atoms with E-state index in [0.717, 1.165) is 6.92 Å². The molecule has 18 heteroatoms. The third-order valence-electron chi connectivity index (χ3n) is 4.28. The molecule has 5 nitrogen and oxygen atoms in total. The number of aliphatic hydroxyl groups excluding tert-OH is 1. The Hall–Kier alpha value is -1.11. The fourth-order valence-electron chi connectivity index (χ4n) is 2.67. The number of hydrogen-bond donors (Lipinski definition) is 1. The molecule has 0 aliphatic heterocycles. The lowest BCUT2D eigenvalue weighted by Crippen LogP contribution is -2.62. The van der Waals surface area contributed by atoms with E-state index in [2.05, 4.69) is 18.9 Å². The lowest BCUT2D eigenvalue weighted by molar-refractivity contribution is -0.397. The van der Waals surface area contributed by atoms with Crippen LogP contribution in [0.2, 0.25) is 0 Å². The highest BCUT2D eigenvalue weighted by molar-refractivity contribution is 5.00. The summed E-state index contributed by atoms with van der Waals surface area (Å²) in [6.45, 7) is -5.03. The van der Waals surface area contributed by atoms with Gasteiger partial charge in [0, 0.05) is 12.8 Å². The van der Waals surface area contributed by atoms with Gasteiger partial charge in [-0.05, 0) is 0 Å². The van der Waals surface area contributed by atoms with Crippen LogP contribution < -0.4 is 0 Å². The Labute approximate surface area is 189 Å². The van der Waals surface area contributed by atoms with Crippen molar-refractivity contribution in [1.82, 2.24) is 0 Å². The van der Waals surface area contributed by atoms with Crippen LogP contribution in [-0.2, 0) is 18.9 Å². The van der Waals surface area contributed by atoms with Crippen LogP contribution in [0.5, 0.6) is 0 Å². The van der Waals surface area contributed by atoms with Gasteiger partial charge in [0.25, 0.3) is 17.8 Å². The van der Waals surface area contributed by atoms with Gasteiger partial charge in [-0.2, -0.15) is 26.3 Å². The van der Waals surface area contributed by atoms with Gasteiger partial charge in [0.1, 0.15) is 38.8 Å². The zero-order chi connectivity index (χ0) is 27.5. The second-order valence-electron chi connectivity index (χ2n) is 7.69. The first kappa shape index (κ1) is 31.9. The van der Waals surface area contributed by atoms with E-state index in [1.807, 2.05) is 0 Å². The topological polar surface area (TPSA) is 57.2 Å². The van der Waals surface area contributed by atoms with Crippen LogP contribution in [0, 0.1) is 0 Å². The zero-order valence-corrected chi connectivity index (χ0v) is 17.7. The maximum Gasteiger partial charge on any atom is 0.364 e. The molecule has 0 aromatic rings. The van der Waals surface area contributed by atoms with E-state index in [0.29, 0.717) is 0 Å². The molecule has 0 amide bonds. The van der Waals surface area contributed by atoms with E-state index < -0.39 is 100 Å². The van der Waals surface area contributed by atoms with Gasteiger partial charge in [0.2, 0.25) is 6.36 Å². The van der Waals surface area contributed by atoms with Crippen molar-refractivity contribution in [3.8, 4) is 0 Å². The molecule has 0 spiro atoms. The molecule has 35 heavy (non-hydrogen) atoms. The van der Waals surface area contributed by atoms with Gasteiger partial charge in [-0.25, -0.2) is 30.7 Å². The summed E-state index contributed by atoms with van der Waals surface area (Å²) < 4.78 is 188. The van der Waals surface area contributed by atoms with E-state index in [1.165, 1.54) is 0 Å². The summed E-state index contributed by atoms with van der Waals surface area (Å²) in [7, 11) is 0. The number of hydrogen-bond acceptors (Lipinski definition) is 5. The van der Waals surface area contributed by atoms with Crippen LogP contribution in [0.25, 0.3) is 0 Å².